The summed E-state index contributed by atoms with van der Waals surface area (Å²) >= 11 is 3.32. The lowest BCUT2D eigenvalue weighted by atomic mass is 9.95. The number of benzene rings is 2. The highest BCUT2D eigenvalue weighted by Crippen LogP contribution is 2.41. The van der Waals surface area contributed by atoms with E-state index in [9.17, 15) is 14.7 Å². The van der Waals surface area contributed by atoms with E-state index in [1.807, 2.05) is 30.3 Å². The number of methoxy groups -OCH3 is 1. The van der Waals surface area contributed by atoms with Gasteiger partial charge in [-0.15, -0.1) is 0 Å². The fourth-order valence-corrected chi connectivity index (χ4v) is 3.51. The third-order valence-corrected chi connectivity index (χ3v) is 5.18. The quantitative estimate of drug-likeness (QED) is 0.610. The maximum Gasteiger partial charge on any atom is 0.338 e. The van der Waals surface area contributed by atoms with Crippen molar-refractivity contribution in [2.24, 2.45) is 0 Å². The highest BCUT2D eigenvalue weighted by molar-refractivity contribution is 9.10. The van der Waals surface area contributed by atoms with Crippen molar-refractivity contribution in [2.75, 3.05) is 7.11 Å². The molecule has 0 saturated carbocycles. The van der Waals surface area contributed by atoms with Crippen LogP contribution in [0.25, 0.3) is 0 Å². The standard InChI is InChI=1S/C20H19BrN2O5/c1-11-15(19(25)28-10-12-6-4-3-5-7-12)17(23-20(26)22-11)13-8-9-14(27-2)18(24)16(13)21/h3-9,17,24H,10H2,1-2H3,(H2,22,23,26). The van der Waals surface area contributed by atoms with Crippen LogP contribution in [0.2, 0.25) is 0 Å². The molecule has 7 nitrogen and oxygen atoms in total. The molecule has 3 rings (SSSR count). The lowest BCUT2D eigenvalue weighted by molar-refractivity contribution is -0.140. The molecule has 1 aliphatic heterocycles. The van der Waals surface area contributed by atoms with E-state index in [-0.39, 0.29) is 23.7 Å². The van der Waals surface area contributed by atoms with E-state index in [1.165, 1.54) is 7.11 Å². The largest absolute Gasteiger partial charge is 0.503 e. The molecule has 0 saturated heterocycles. The van der Waals surface area contributed by atoms with E-state index < -0.39 is 18.0 Å². The Labute approximate surface area is 170 Å². The van der Waals surface area contributed by atoms with Crippen LogP contribution in [0.5, 0.6) is 11.5 Å². The Balaban J connectivity index is 1.93. The van der Waals surface area contributed by atoms with Gasteiger partial charge in [-0.3, -0.25) is 0 Å². The molecule has 1 aliphatic rings. The minimum atomic E-state index is -0.803. The molecule has 146 valence electrons. The highest BCUT2D eigenvalue weighted by atomic mass is 79.9. The summed E-state index contributed by atoms with van der Waals surface area (Å²) in [4.78, 5) is 24.8. The average molecular weight is 447 g/mol. The summed E-state index contributed by atoms with van der Waals surface area (Å²) in [5.41, 5.74) is 1.98. The average Bonchev–Trinajstić information content (AvgIpc) is 2.68. The Morgan fingerprint density at radius 3 is 2.61 bits per heavy atom. The van der Waals surface area contributed by atoms with Crippen LogP contribution in [0.1, 0.15) is 24.1 Å². The summed E-state index contributed by atoms with van der Waals surface area (Å²) in [5, 5.41) is 15.6. The Bertz CT molecular complexity index is 943. The van der Waals surface area contributed by atoms with E-state index in [2.05, 4.69) is 26.6 Å². The summed E-state index contributed by atoms with van der Waals surface area (Å²) in [6.07, 6.45) is 0. The molecule has 2 aromatic rings. The summed E-state index contributed by atoms with van der Waals surface area (Å²) < 4.78 is 10.9. The predicted octanol–water partition coefficient (Wildman–Crippen LogP) is 3.53. The molecular formula is C20H19BrN2O5. The summed E-state index contributed by atoms with van der Waals surface area (Å²) in [6, 6.07) is 11.3. The molecule has 0 fully saturated rings. The van der Waals surface area contributed by atoms with Crippen LogP contribution >= 0.6 is 15.9 Å². The molecule has 0 aliphatic carbocycles. The normalized spacial score (nSPS) is 16.2. The molecule has 2 amide bonds. The van der Waals surface area contributed by atoms with Crippen LogP contribution in [0.15, 0.2) is 58.2 Å². The number of urea groups is 1. The molecule has 2 aromatic carbocycles. The smallest absolute Gasteiger partial charge is 0.338 e. The van der Waals surface area contributed by atoms with Gasteiger partial charge in [-0.05, 0) is 40.0 Å². The number of rotatable bonds is 5. The fourth-order valence-electron chi connectivity index (χ4n) is 2.95. The van der Waals surface area contributed by atoms with Crippen molar-refractivity contribution in [3.63, 3.8) is 0 Å². The van der Waals surface area contributed by atoms with Gasteiger partial charge >= 0.3 is 12.0 Å². The summed E-state index contributed by atoms with van der Waals surface area (Å²) in [7, 11) is 1.43. The molecule has 8 heteroatoms. The van der Waals surface area contributed by atoms with E-state index in [0.717, 1.165) is 5.56 Å². The van der Waals surface area contributed by atoms with Crippen molar-refractivity contribution in [1.29, 1.82) is 0 Å². The van der Waals surface area contributed by atoms with Crippen molar-refractivity contribution in [3.8, 4) is 11.5 Å². The number of halogens is 1. The van der Waals surface area contributed by atoms with E-state index in [4.69, 9.17) is 9.47 Å². The number of carbonyl (C=O) groups excluding carboxylic acids is 2. The number of allylic oxidation sites excluding steroid dienone is 1. The molecule has 1 atom stereocenters. The zero-order valence-electron chi connectivity index (χ0n) is 15.3. The first kappa shape index (κ1) is 19.8. The number of nitrogens with one attached hydrogen (secondary N) is 2. The van der Waals surface area contributed by atoms with Gasteiger partial charge in [0.15, 0.2) is 11.5 Å². The first-order valence-electron chi connectivity index (χ1n) is 8.47. The van der Waals surface area contributed by atoms with Gasteiger partial charge in [0.05, 0.1) is 23.2 Å². The minimum Gasteiger partial charge on any atom is -0.503 e. The van der Waals surface area contributed by atoms with Gasteiger partial charge in [-0.25, -0.2) is 9.59 Å². The van der Waals surface area contributed by atoms with Crippen LogP contribution in [0, 0.1) is 0 Å². The number of hydrogen-bond donors (Lipinski definition) is 3. The molecule has 0 radical (unpaired) electrons. The van der Waals surface area contributed by atoms with Crippen molar-refractivity contribution < 1.29 is 24.2 Å². The van der Waals surface area contributed by atoms with Gasteiger partial charge < -0.3 is 25.2 Å². The Morgan fingerprint density at radius 1 is 1.21 bits per heavy atom. The molecule has 28 heavy (non-hydrogen) atoms. The number of phenols is 1. The van der Waals surface area contributed by atoms with Crippen LogP contribution in [-0.2, 0) is 16.1 Å². The van der Waals surface area contributed by atoms with E-state index in [1.54, 1.807) is 19.1 Å². The van der Waals surface area contributed by atoms with E-state index in [0.29, 0.717) is 15.7 Å². The van der Waals surface area contributed by atoms with Crippen molar-refractivity contribution in [2.45, 2.75) is 19.6 Å². The Hall–Kier alpha value is -3.00. The number of carbonyl (C=O) groups is 2. The molecular weight excluding hydrogens is 428 g/mol. The third-order valence-electron chi connectivity index (χ3n) is 4.34. The second-order valence-electron chi connectivity index (χ2n) is 6.15. The first-order valence-corrected chi connectivity index (χ1v) is 9.26. The zero-order chi connectivity index (χ0) is 20.3. The topological polar surface area (TPSA) is 96.9 Å². The zero-order valence-corrected chi connectivity index (χ0v) is 16.9. The second kappa shape index (κ2) is 8.35. The Kier molecular flexibility index (Phi) is 5.89. The van der Waals surface area contributed by atoms with Gasteiger partial charge in [0.1, 0.15) is 6.61 Å². The van der Waals surface area contributed by atoms with Crippen LogP contribution in [0.4, 0.5) is 4.79 Å². The molecule has 3 N–H and O–H groups in total. The lowest BCUT2D eigenvalue weighted by Gasteiger charge is -2.29. The second-order valence-corrected chi connectivity index (χ2v) is 6.94. The molecule has 0 spiro atoms. The minimum absolute atomic E-state index is 0.103. The summed E-state index contributed by atoms with van der Waals surface area (Å²) in [6.45, 7) is 1.73. The predicted molar refractivity (Wildman–Crippen MR) is 106 cm³/mol. The summed E-state index contributed by atoms with van der Waals surface area (Å²) in [5.74, 6) is -0.423. The number of esters is 1. The van der Waals surface area contributed by atoms with Crippen molar-refractivity contribution >= 4 is 27.9 Å². The van der Waals surface area contributed by atoms with E-state index >= 15 is 0 Å². The Morgan fingerprint density at radius 2 is 1.93 bits per heavy atom. The maximum absolute atomic E-state index is 12.8. The van der Waals surface area contributed by atoms with Crippen LogP contribution < -0.4 is 15.4 Å². The van der Waals surface area contributed by atoms with Gasteiger partial charge in [0, 0.05) is 5.70 Å². The lowest BCUT2D eigenvalue weighted by Crippen LogP contribution is -2.45. The SMILES string of the molecule is COc1ccc(C2NC(=O)NC(C)=C2C(=O)OCc2ccccc2)c(Br)c1O. The van der Waals surface area contributed by atoms with Gasteiger partial charge in [0.25, 0.3) is 0 Å². The van der Waals surface area contributed by atoms with Gasteiger partial charge in [-0.1, -0.05) is 36.4 Å². The fraction of sp³-hybridized carbons (Fsp3) is 0.200. The highest BCUT2D eigenvalue weighted by Gasteiger charge is 2.34. The molecule has 1 unspecified atom stereocenters. The van der Waals surface area contributed by atoms with Crippen molar-refractivity contribution in [1.82, 2.24) is 10.6 Å². The maximum atomic E-state index is 12.8. The third kappa shape index (κ3) is 3.96. The van der Waals surface area contributed by atoms with Crippen LogP contribution in [-0.4, -0.2) is 24.2 Å². The van der Waals surface area contributed by atoms with Crippen molar-refractivity contribution in [3.05, 3.63) is 69.3 Å². The van der Waals surface area contributed by atoms with Gasteiger partial charge in [-0.2, -0.15) is 0 Å². The van der Waals surface area contributed by atoms with Crippen LogP contribution in [0.3, 0.4) is 0 Å². The molecule has 1 heterocycles. The number of amides is 2. The van der Waals surface area contributed by atoms with Gasteiger partial charge in [0.2, 0.25) is 0 Å². The first-order chi connectivity index (χ1) is 13.4. The number of hydrogen-bond acceptors (Lipinski definition) is 5. The monoisotopic (exact) mass is 446 g/mol. The number of ether oxygens (including phenoxy) is 2. The molecule has 0 aromatic heterocycles. The number of phenolic OH excluding ortho intramolecular Hbond substituents is 1. The number of aromatic hydroxyl groups is 1. The molecule has 0 bridgehead atoms.